The van der Waals surface area contributed by atoms with Gasteiger partial charge in [0.1, 0.15) is 6.04 Å². The van der Waals surface area contributed by atoms with Gasteiger partial charge in [0.05, 0.1) is 18.8 Å². The van der Waals surface area contributed by atoms with Crippen molar-refractivity contribution >= 4 is 5.91 Å². The maximum absolute atomic E-state index is 12.6. The van der Waals surface area contributed by atoms with Gasteiger partial charge in [0, 0.05) is 12.5 Å². The molecule has 5 atom stereocenters. The van der Waals surface area contributed by atoms with Gasteiger partial charge in [-0.05, 0) is 12.8 Å². The Balaban J connectivity index is 1.73. The highest BCUT2D eigenvalue weighted by Gasteiger charge is 2.55. The van der Waals surface area contributed by atoms with Gasteiger partial charge in [0.2, 0.25) is 5.91 Å². The number of piperidine rings is 1. The average molecular weight is 299 g/mol. The minimum Gasteiger partial charge on any atom is -0.762 e. The molecule has 0 aromatic heterocycles. The van der Waals surface area contributed by atoms with E-state index in [-0.39, 0.29) is 35.5 Å². The molecule has 4 bridgehead atoms. The predicted molar refractivity (Wildman–Crippen MR) is 73.1 cm³/mol. The van der Waals surface area contributed by atoms with E-state index in [1.54, 1.807) is 4.90 Å². The zero-order valence-corrected chi connectivity index (χ0v) is 12.3. The fourth-order valence-electron chi connectivity index (χ4n) is 3.77. The summed E-state index contributed by atoms with van der Waals surface area (Å²) in [6, 6.07) is -1.18. The Morgan fingerprint density at radius 3 is 2.95 bits per heavy atom. The monoisotopic (exact) mass is 299 g/mol. The van der Waals surface area contributed by atoms with Crippen LogP contribution >= 0.6 is 0 Å². The number of nitrogens with zero attached hydrogens (tertiary/aromatic N) is 2. The molecule has 0 spiro atoms. The zero-order chi connectivity index (χ0) is 15.0. The zero-order valence-electron chi connectivity index (χ0n) is 12.3. The van der Waals surface area contributed by atoms with E-state index in [1.807, 2.05) is 0 Å². The molecular formula is C14H23N2O5-. The Morgan fingerprint density at radius 2 is 2.24 bits per heavy atom. The summed E-state index contributed by atoms with van der Waals surface area (Å²) >= 11 is 0. The van der Waals surface area contributed by atoms with Crippen molar-refractivity contribution in [1.29, 1.82) is 0 Å². The fourth-order valence-corrected chi connectivity index (χ4v) is 3.77. The van der Waals surface area contributed by atoms with E-state index in [0.717, 1.165) is 25.7 Å². The highest BCUT2D eigenvalue weighted by molar-refractivity contribution is 5.83. The quantitative estimate of drug-likeness (QED) is 0.584. The number of hydrogen-bond acceptors (Lipinski definition) is 6. The summed E-state index contributed by atoms with van der Waals surface area (Å²) in [4.78, 5) is 14.3. The predicted octanol–water partition coefficient (Wildman–Crippen LogP) is 1.10. The first-order valence-electron chi connectivity index (χ1n) is 7.86. The second-order valence-corrected chi connectivity index (χ2v) is 6.18. The van der Waals surface area contributed by atoms with Crippen molar-refractivity contribution in [2.45, 2.75) is 63.5 Å². The van der Waals surface area contributed by atoms with E-state index in [9.17, 15) is 15.2 Å². The van der Waals surface area contributed by atoms with Crippen LogP contribution in [0, 0.1) is 11.1 Å². The fraction of sp³-hybridized carbons (Fsp3) is 0.929. The summed E-state index contributed by atoms with van der Waals surface area (Å²) in [5.41, 5.74) is 0. The Hall–Kier alpha value is -0.730. The molecule has 3 aliphatic heterocycles. The van der Waals surface area contributed by atoms with Crippen molar-refractivity contribution in [1.82, 2.24) is 10.1 Å². The molecule has 3 rings (SSSR count). The van der Waals surface area contributed by atoms with Crippen molar-refractivity contribution in [2.24, 2.45) is 5.92 Å². The van der Waals surface area contributed by atoms with Gasteiger partial charge in [0.25, 0.3) is 0 Å². The highest BCUT2D eigenvalue weighted by atomic mass is 16.8. The molecule has 0 radical (unpaired) electrons. The highest BCUT2D eigenvalue weighted by Crippen LogP contribution is 2.41. The van der Waals surface area contributed by atoms with Gasteiger partial charge in [-0.3, -0.25) is 10.0 Å². The Morgan fingerprint density at radius 1 is 1.43 bits per heavy atom. The maximum Gasteiger partial charge on any atom is 0.241 e. The third kappa shape index (κ3) is 2.68. The van der Waals surface area contributed by atoms with Crippen LogP contribution in [0.5, 0.6) is 0 Å². The van der Waals surface area contributed by atoms with Crippen molar-refractivity contribution in [3.05, 3.63) is 5.21 Å². The SMILES string of the molecule is CCCCCCN1C(=O)[C@@H](N([O-])O)[C@H]2C[C@@H]1[C@@H]1OC[C@H]2O1. The van der Waals surface area contributed by atoms with Crippen LogP contribution in [-0.2, 0) is 14.3 Å². The minimum absolute atomic E-state index is 0.126. The number of amides is 1. The summed E-state index contributed by atoms with van der Waals surface area (Å²) in [6.07, 6.45) is 4.24. The van der Waals surface area contributed by atoms with Crippen molar-refractivity contribution in [2.75, 3.05) is 13.2 Å². The van der Waals surface area contributed by atoms with Gasteiger partial charge >= 0.3 is 0 Å². The van der Waals surface area contributed by atoms with E-state index in [4.69, 9.17) is 9.47 Å². The van der Waals surface area contributed by atoms with Crippen LogP contribution in [0.4, 0.5) is 0 Å². The molecule has 120 valence electrons. The van der Waals surface area contributed by atoms with Gasteiger partial charge in [-0.15, -0.1) is 0 Å². The lowest BCUT2D eigenvalue weighted by atomic mass is 9.81. The lowest BCUT2D eigenvalue weighted by Crippen LogP contribution is -2.65. The average Bonchev–Trinajstić information content (AvgIpc) is 2.88. The van der Waals surface area contributed by atoms with Crippen LogP contribution in [0.3, 0.4) is 0 Å². The molecule has 1 N–H and O–H groups in total. The van der Waals surface area contributed by atoms with E-state index in [2.05, 4.69) is 6.92 Å². The smallest absolute Gasteiger partial charge is 0.241 e. The van der Waals surface area contributed by atoms with Crippen LogP contribution < -0.4 is 0 Å². The molecule has 21 heavy (non-hydrogen) atoms. The Bertz CT molecular complexity index is 392. The number of ether oxygens (including phenoxy) is 2. The summed E-state index contributed by atoms with van der Waals surface area (Å²) in [5, 5.41) is 20.6. The summed E-state index contributed by atoms with van der Waals surface area (Å²) in [7, 11) is 0. The lowest BCUT2D eigenvalue weighted by molar-refractivity contribution is -0.212. The van der Waals surface area contributed by atoms with Crippen LogP contribution in [0.2, 0.25) is 0 Å². The molecule has 3 fully saturated rings. The standard InChI is InChI=1S/C14H23N2O5/c1-2-3-4-5-6-15-10-7-9(11-8-20-14(10)21-11)12(13(15)17)16(18)19/h9-12,14,18H,2-8H2,1H3/q-1/t9-,10+,11+,12-,14+/m0/s1. The second-order valence-electron chi connectivity index (χ2n) is 6.18. The van der Waals surface area contributed by atoms with Gasteiger partial charge in [0.15, 0.2) is 6.29 Å². The van der Waals surface area contributed by atoms with Gasteiger partial charge in [-0.2, -0.15) is 0 Å². The van der Waals surface area contributed by atoms with Crippen molar-refractivity contribution < 1.29 is 19.5 Å². The number of unbranched alkanes of at least 4 members (excludes halogenated alkanes) is 3. The Kier molecular flexibility index (Phi) is 4.46. The minimum atomic E-state index is -1.06. The third-order valence-electron chi connectivity index (χ3n) is 4.87. The topological polar surface area (TPSA) is 85.3 Å². The first kappa shape index (κ1) is 15.2. The number of carbonyl (C=O) groups excluding carboxylic acids is 1. The molecule has 0 unspecified atom stereocenters. The van der Waals surface area contributed by atoms with Crippen molar-refractivity contribution in [3.63, 3.8) is 0 Å². The largest absolute Gasteiger partial charge is 0.762 e. The number of hydroxylamine groups is 2. The summed E-state index contributed by atoms with van der Waals surface area (Å²) in [6.45, 7) is 3.12. The normalized spacial score (nSPS) is 38.4. The number of likely N-dealkylation sites (tertiary alicyclic amines) is 1. The number of carbonyl (C=O) groups is 1. The summed E-state index contributed by atoms with van der Waals surface area (Å²) < 4.78 is 11.4. The van der Waals surface area contributed by atoms with Crippen LogP contribution in [0.1, 0.15) is 39.0 Å². The van der Waals surface area contributed by atoms with E-state index < -0.39 is 6.04 Å². The lowest BCUT2D eigenvalue weighted by Gasteiger charge is -2.51. The van der Waals surface area contributed by atoms with Gasteiger partial charge < -0.3 is 24.8 Å². The maximum atomic E-state index is 12.6. The Labute approximate surface area is 124 Å². The molecule has 0 aromatic carbocycles. The molecule has 3 heterocycles. The molecule has 7 nitrogen and oxygen atoms in total. The summed E-state index contributed by atoms with van der Waals surface area (Å²) in [5.74, 6) is -0.565. The molecule has 3 aliphatic rings. The van der Waals surface area contributed by atoms with Crippen LogP contribution in [-0.4, -0.2) is 58.9 Å². The number of fused-ring (bicyclic) bond motifs is 6. The van der Waals surface area contributed by atoms with Gasteiger partial charge in [-0.25, -0.2) is 0 Å². The second kappa shape index (κ2) is 6.18. The van der Waals surface area contributed by atoms with Gasteiger partial charge in [-0.1, -0.05) is 26.2 Å². The van der Waals surface area contributed by atoms with Crippen molar-refractivity contribution in [3.8, 4) is 0 Å². The van der Waals surface area contributed by atoms with E-state index >= 15 is 0 Å². The first-order chi connectivity index (χ1) is 10.1. The number of rotatable bonds is 6. The first-order valence-corrected chi connectivity index (χ1v) is 7.86. The molecule has 0 aromatic rings. The molecule has 7 heteroatoms. The molecule has 1 amide bonds. The van der Waals surface area contributed by atoms with E-state index in [1.165, 1.54) is 0 Å². The molecule has 0 aliphatic carbocycles. The van der Waals surface area contributed by atoms with Crippen LogP contribution in [0.25, 0.3) is 0 Å². The molecule has 3 saturated heterocycles. The molecular weight excluding hydrogens is 276 g/mol. The third-order valence-corrected chi connectivity index (χ3v) is 4.87. The number of hydrogen-bond donors (Lipinski definition) is 1. The van der Waals surface area contributed by atoms with Crippen LogP contribution in [0.15, 0.2) is 0 Å². The molecule has 0 saturated carbocycles. The van der Waals surface area contributed by atoms with E-state index in [0.29, 0.717) is 19.6 Å².